The molecule has 7 heteroatoms. The Kier molecular flexibility index (Phi) is 5.49. The number of nitrogens with zero attached hydrogens (tertiary/aromatic N) is 1. The third kappa shape index (κ3) is 3.94. The number of benzene rings is 1. The highest BCUT2D eigenvalue weighted by Crippen LogP contribution is 2.31. The topological polar surface area (TPSA) is 46.6 Å². The smallest absolute Gasteiger partial charge is 0.252 e. The molecular formula is C17H20ClNO3S2. The zero-order valence-electron chi connectivity index (χ0n) is 13.4. The van der Waals surface area contributed by atoms with E-state index in [9.17, 15) is 8.42 Å². The van der Waals surface area contributed by atoms with Gasteiger partial charge >= 0.3 is 0 Å². The first kappa shape index (κ1) is 17.7. The van der Waals surface area contributed by atoms with Crippen LogP contribution in [0.2, 0.25) is 4.34 Å². The lowest BCUT2D eigenvalue weighted by Gasteiger charge is -2.31. The van der Waals surface area contributed by atoms with Gasteiger partial charge in [0.05, 0.1) is 10.9 Å². The molecule has 1 fully saturated rings. The second-order valence-corrected chi connectivity index (χ2v) is 9.89. The summed E-state index contributed by atoms with van der Waals surface area (Å²) in [5, 5.41) is 0. The monoisotopic (exact) mass is 385 g/mol. The molecule has 1 aromatic carbocycles. The Labute approximate surface area is 152 Å². The molecule has 0 saturated carbocycles. The lowest BCUT2D eigenvalue weighted by Crippen LogP contribution is -2.41. The first-order chi connectivity index (χ1) is 11.5. The van der Waals surface area contributed by atoms with Crippen LogP contribution >= 0.6 is 22.9 Å². The van der Waals surface area contributed by atoms with E-state index in [0.29, 0.717) is 28.2 Å². The van der Waals surface area contributed by atoms with E-state index in [-0.39, 0.29) is 5.92 Å². The van der Waals surface area contributed by atoms with E-state index in [1.54, 1.807) is 16.4 Å². The maximum Gasteiger partial charge on any atom is 0.252 e. The molecule has 24 heavy (non-hydrogen) atoms. The molecule has 1 aliphatic rings. The molecule has 0 bridgehead atoms. The predicted octanol–water partition coefficient (Wildman–Crippen LogP) is 4.19. The van der Waals surface area contributed by atoms with Crippen molar-refractivity contribution in [3.63, 3.8) is 0 Å². The summed E-state index contributed by atoms with van der Waals surface area (Å²) >= 11 is 6.99. The number of thiophene rings is 1. The van der Waals surface area contributed by atoms with Crippen molar-refractivity contribution in [1.82, 2.24) is 4.31 Å². The van der Waals surface area contributed by atoms with Gasteiger partial charge in [-0.15, -0.1) is 11.3 Å². The van der Waals surface area contributed by atoms with Crippen molar-refractivity contribution in [2.75, 3.05) is 19.7 Å². The van der Waals surface area contributed by atoms with Crippen molar-refractivity contribution in [3.8, 4) is 5.75 Å². The number of halogens is 1. The van der Waals surface area contributed by atoms with Gasteiger partial charge in [-0.25, -0.2) is 8.42 Å². The first-order valence-corrected chi connectivity index (χ1v) is 10.5. The second kappa shape index (κ2) is 7.44. The van der Waals surface area contributed by atoms with Crippen LogP contribution in [-0.2, 0) is 10.0 Å². The van der Waals surface area contributed by atoms with Crippen molar-refractivity contribution >= 4 is 33.0 Å². The third-order valence-corrected chi connectivity index (χ3v) is 7.76. The molecule has 4 nitrogen and oxygen atoms in total. The Hall–Kier alpha value is -1.08. The number of hydrogen-bond acceptors (Lipinski definition) is 4. The summed E-state index contributed by atoms with van der Waals surface area (Å²) in [5.74, 6) is 1.06. The van der Waals surface area contributed by atoms with Crippen molar-refractivity contribution in [2.45, 2.75) is 24.0 Å². The first-order valence-electron chi connectivity index (χ1n) is 7.91. The summed E-state index contributed by atoms with van der Waals surface area (Å²) in [6.07, 6.45) is 1.82. The molecular weight excluding hydrogens is 366 g/mol. The predicted molar refractivity (Wildman–Crippen MR) is 97.5 cm³/mol. The Morgan fingerprint density at radius 2 is 2.08 bits per heavy atom. The zero-order chi connectivity index (χ0) is 17.2. The average molecular weight is 386 g/mol. The summed E-state index contributed by atoms with van der Waals surface area (Å²) in [6.45, 7) is 3.58. The van der Waals surface area contributed by atoms with Crippen LogP contribution in [0, 0.1) is 12.8 Å². The van der Waals surface area contributed by atoms with Gasteiger partial charge in [0.25, 0.3) is 10.0 Å². The highest BCUT2D eigenvalue weighted by atomic mass is 35.5. The minimum Gasteiger partial charge on any atom is -0.493 e. The van der Waals surface area contributed by atoms with Gasteiger partial charge in [-0.2, -0.15) is 4.31 Å². The van der Waals surface area contributed by atoms with Gasteiger partial charge in [-0.3, -0.25) is 0 Å². The maximum atomic E-state index is 12.7. The van der Waals surface area contributed by atoms with Gasteiger partial charge in [0.2, 0.25) is 0 Å². The number of piperidine rings is 1. The average Bonchev–Trinajstić information content (AvgIpc) is 3.02. The molecule has 1 atom stereocenters. The lowest BCUT2D eigenvalue weighted by atomic mass is 10.0. The van der Waals surface area contributed by atoms with Crippen molar-refractivity contribution in [1.29, 1.82) is 0 Å². The SMILES string of the molecule is Cc1ccccc1OCC1CCCN(S(=O)(=O)c2ccc(Cl)s2)C1. The highest BCUT2D eigenvalue weighted by molar-refractivity contribution is 7.91. The number of rotatable bonds is 5. The highest BCUT2D eigenvalue weighted by Gasteiger charge is 2.31. The largest absolute Gasteiger partial charge is 0.493 e. The molecule has 3 rings (SSSR count). The molecule has 2 heterocycles. The van der Waals surface area contributed by atoms with E-state index in [1.165, 1.54) is 0 Å². The van der Waals surface area contributed by atoms with Crippen LogP contribution in [0.4, 0.5) is 0 Å². The summed E-state index contributed by atoms with van der Waals surface area (Å²) in [4.78, 5) is 0. The molecule has 0 N–H and O–H groups in total. The number of para-hydroxylation sites is 1. The molecule has 2 aromatic rings. The molecule has 130 valence electrons. The van der Waals surface area contributed by atoms with Gasteiger partial charge in [0.1, 0.15) is 9.96 Å². The molecule has 1 aromatic heterocycles. The lowest BCUT2D eigenvalue weighted by molar-refractivity contribution is 0.180. The fraction of sp³-hybridized carbons (Fsp3) is 0.412. The summed E-state index contributed by atoms with van der Waals surface area (Å²) in [7, 11) is -3.45. The van der Waals surface area contributed by atoms with Crippen LogP contribution < -0.4 is 4.74 Å². The molecule has 0 radical (unpaired) electrons. The fourth-order valence-corrected chi connectivity index (χ4v) is 6.06. The summed E-state index contributed by atoms with van der Waals surface area (Å²) in [5.41, 5.74) is 1.09. The van der Waals surface area contributed by atoms with Crippen molar-refractivity contribution in [3.05, 3.63) is 46.3 Å². The van der Waals surface area contributed by atoms with Gasteiger partial charge < -0.3 is 4.74 Å². The standard InChI is InChI=1S/C17H20ClNO3S2/c1-13-5-2-3-7-15(13)22-12-14-6-4-10-19(11-14)24(20,21)17-9-8-16(18)23-17/h2-3,5,7-9,14H,4,6,10-12H2,1H3. The van der Waals surface area contributed by atoms with Gasteiger partial charge in [0, 0.05) is 19.0 Å². The van der Waals surface area contributed by atoms with Crippen LogP contribution in [-0.4, -0.2) is 32.4 Å². The Morgan fingerprint density at radius 1 is 1.29 bits per heavy atom. The molecule has 1 saturated heterocycles. The van der Waals surface area contributed by atoms with E-state index in [0.717, 1.165) is 35.5 Å². The van der Waals surface area contributed by atoms with Crippen LogP contribution in [0.15, 0.2) is 40.6 Å². The molecule has 1 unspecified atom stereocenters. The summed E-state index contributed by atoms with van der Waals surface area (Å²) in [6, 6.07) is 11.1. The van der Waals surface area contributed by atoms with Gasteiger partial charge in [0.15, 0.2) is 0 Å². The Morgan fingerprint density at radius 3 is 2.79 bits per heavy atom. The van der Waals surface area contributed by atoms with Crippen LogP contribution in [0.1, 0.15) is 18.4 Å². The van der Waals surface area contributed by atoms with E-state index >= 15 is 0 Å². The van der Waals surface area contributed by atoms with Gasteiger partial charge in [-0.1, -0.05) is 29.8 Å². The van der Waals surface area contributed by atoms with E-state index in [2.05, 4.69) is 0 Å². The molecule has 0 aliphatic carbocycles. The van der Waals surface area contributed by atoms with E-state index in [4.69, 9.17) is 16.3 Å². The second-order valence-electron chi connectivity index (χ2n) is 6.01. The third-order valence-electron chi connectivity index (χ3n) is 4.19. The number of hydrogen-bond donors (Lipinski definition) is 0. The van der Waals surface area contributed by atoms with Gasteiger partial charge in [-0.05, 0) is 43.5 Å². The quantitative estimate of drug-likeness (QED) is 0.775. The van der Waals surface area contributed by atoms with E-state index < -0.39 is 10.0 Å². The van der Waals surface area contributed by atoms with Crippen LogP contribution in [0.3, 0.4) is 0 Å². The Bertz CT molecular complexity index is 804. The van der Waals surface area contributed by atoms with Crippen molar-refractivity contribution < 1.29 is 13.2 Å². The van der Waals surface area contributed by atoms with Crippen molar-refractivity contribution in [2.24, 2.45) is 5.92 Å². The minimum absolute atomic E-state index is 0.198. The van der Waals surface area contributed by atoms with E-state index in [1.807, 2.05) is 31.2 Å². The fourth-order valence-electron chi connectivity index (χ4n) is 2.87. The number of ether oxygens (including phenoxy) is 1. The molecule has 0 spiro atoms. The summed E-state index contributed by atoms with van der Waals surface area (Å²) < 4.78 is 33.7. The molecule has 1 aliphatic heterocycles. The molecule has 0 amide bonds. The zero-order valence-corrected chi connectivity index (χ0v) is 15.8. The van der Waals surface area contributed by atoms with Crippen LogP contribution in [0.5, 0.6) is 5.75 Å². The normalized spacial score (nSPS) is 19.3. The van der Waals surface area contributed by atoms with Crippen LogP contribution in [0.25, 0.3) is 0 Å². The maximum absolute atomic E-state index is 12.7. The number of aryl methyl sites for hydroxylation is 1. The minimum atomic E-state index is -3.45. The number of sulfonamides is 1. The Balaban J connectivity index is 1.65.